The van der Waals surface area contributed by atoms with Crippen molar-refractivity contribution in [2.45, 2.75) is 34.1 Å². The first-order valence-electron chi connectivity index (χ1n) is 19.7. The van der Waals surface area contributed by atoms with E-state index >= 15 is 0 Å². The summed E-state index contributed by atoms with van der Waals surface area (Å²) in [4.78, 5) is 29.2. The van der Waals surface area contributed by atoms with E-state index in [1.165, 1.54) is 43.5 Å². The third-order valence-electron chi connectivity index (χ3n) is 6.98. The van der Waals surface area contributed by atoms with E-state index < -0.39 is 26.0 Å². The molecule has 0 aliphatic carbocycles. The number of alkyl halides is 3. The summed E-state index contributed by atoms with van der Waals surface area (Å²) in [5, 5.41) is 41.9. The van der Waals surface area contributed by atoms with Gasteiger partial charge in [0.2, 0.25) is 0 Å². The molecule has 0 bridgehead atoms. The number of nitro groups is 3. The van der Waals surface area contributed by atoms with Gasteiger partial charge in [-0.15, -0.1) is 29.0 Å². The summed E-state index contributed by atoms with van der Waals surface area (Å²) in [5.41, 5.74) is 12.4. The molecule has 0 heterocycles. The minimum Gasteiger partial charge on any atom is -0.872 e. The molecule has 0 fully saturated rings. The van der Waals surface area contributed by atoms with Crippen molar-refractivity contribution in [1.29, 1.82) is 0 Å². The molecule has 0 spiro atoms. The first kappa shape index (κ1) is 67.3. The van der Waals surface area contributed by atoms with Crippen molar-refractivity contribution in [2.24, 2.45) is 5.73 Å². The number of nitrogens with two attached hydrogens (primary N) is 2. The number of benzene rings is 5. The molecule has 0 aliphatic heterocycles. The molecule has 5 aromatic carbocycles. The number of hydrogen-bond donors (Lipinski definition) is 3. The van der Waals surface area contributed by atoms with Gasteiger partial charge in [-0.25, -0.2) is 4.21 Å². The molecule has 0 saturated carbocycles. The van der Waals surface area contributed by atoms with E-state index in [0.717, 1.165) is 54.1 Å². The van der Waals surface area contributed by atoms with E-state index in [1.54, 1.807) is 48.5 Å². The van der Waals surface area contributed by atoms with Gasteiger partial charge in [0.1, 0.15) is 36.2 Å². The summed E-state index contributed by atoms with van der Waals surface area (Å²) >= 11 is 12.2. The Bertz CT molecular complexity index is 2010. The van der Waals surface area contributed by atoms with Gasteiger partial charge in [-0.2, -0.15) is 0 Å². The van der Waals surface area contributed by atoms with Gasteiger partial charge in [0.05, 0.1) is 41.0 Å². The fraction of sp³-hybridized carbons (Fsp3) is 0.318. The average molecular weight is 1080 g/mol. The normalized spacial score (nSPS) is 9.69. The third-order valence-corrected chi connectivity index (χ3v) is 8.88. The van der Waals surface area contributed by atoms with Crippen LogP contribution in [0.15, 0.2) is 121 Å². The van der Waals surface area contributed by atoms with Gasteiger partial charge < -0.3 is 35.5 Å². The van der Waals surface area contributed by atoms with Gasteiger partial charge >= 0.3 is 29.6 Å². The molecule has 5 rings (SSSR count). The van der Waals surface area contributed by atoms with Crippen molar-refractivity contribution in [3.63, 3.8) is 0 Å². The molecule has 0 aromatic heterocycles. The topological polar surface area (TPSA) is 280 Å². The van der Waals surface area contributed by atoms with Crippen LogP contribution in [0.3, 0.4) is 0 Å². The number of non-ortho nitro benzene ring substituents is 3. The number of nitrogen functional groups attached to an aromatic ring is 1. The molecule has 0 aliphatic rings. The SMILES string of the molecule is C.CCCOc1ccc(N)cc1.CCCOc1ccc([N+](=O)[O-])cc1.COS(=O)Nc1ccc(OCCN)cc1.ClCCBr.O=[N+]([O-])c1ccc(OCCCl)cc1.O=[N+]([O-])c1ccc([O-])cc1.[Na+]. The van der Waals surface area contributed by atoms with Crippen molar-refractivity contribution in [1.82, 2.24) is 0 Å². The van der Waals surface area contributed by atoms with Gasteiger partial charge in [0.15, 0.2) is 0 Å². The number of anilines is 2. The molecule has 19 nitrogen and oxygen atoms in total. The molecular formula is C44H58BrCl2N6NaO13S. The predicted octanol–water partition coefficient (Wildman–Crippen LogP) is 7.24. The standard InChI is InChI=1S/C9H14N2O3S.C9H11NO3.C9H13NO.C8H8ClNO3.C6H5NO3.C2H4BrCl.CH4.Na/c1-13-15(12)11-8-2-4-9(5-3-8)14-7-6-10;1-2-7-13-9-5-3-8(4-6-9)10(11)12;1-2-7-11-9-5-3-8(10)4-6-9;9-5-6-13-8-3-1-7(2-4-8)10(11)12;8-6-3-1-5(2-4-6)7(9)10;3-1-2-4;;/h2-5,11H,6-7,10H2,1H3;3-6H,2,7H2,1H3;3-6H,2,7,10H2,1H3;1-4H,5-6H2;1-4,8H;1-2H2;1H4;/q;;;;;;;+1/p-1. The van der Waals surface area contributed by atoms with Crippen LogP contribution in [0.4, 0.5) is 28.4 Å². The number of hydrogen-bond acceptors (Lipinski definition) is 15. The average Bonchev–Trinajstić information content (AvgIpc) is 3.33. The van der Waals surface area contributed by atoms with Gasteiger partial charge in [-0.05, 0) is 85.6 Å². The first-order chi connectivity index (χ1) is 31.7. The summed E-state index contributed by atoms with van der Waals surface area (Å²) in [6, 6.07) is 31.1. The molecule has 5 N–H and O–H groups in total. The maximum atomic E-state index is 11.0. The summed E-state index contributed by atoms with van der Waals surface area (Å²) in [7, 11) is 1.36. The Morgan fingerprint density at radius 3 is 1.24 bits per heavy atom. The molecular weight excluding hydrogens is 1030 g/mol. The fourth-order valence-corrected chi connectivity index (χ4v) is 4.48. The molecule has 5 aromatic rings. The molecule has 24 heteroatoms. The van der Waals surface area contributed by atoms with Crippen molar-refractivity contribution < 1.29 is 76.8 Å². The zero-order chi connectivity index (χ0) is 49.5. The van der Waals surface area contributed by atoms with Gasteiger partial charge in [0.25, 0.3) is 28.3 Å². The van der Waals surface area contributed by atoms with E-state index in [4.69, 9.17) is 53.6 Å². The summed E-state index contributed by atoms with van der Waals surface area (Å²) in [6.07, 6.45) is 1.96. The van der Waals surface area contributed by atoms with Crippen LogP contribution in [0.25, 0.3) is 0 Å². The monoisotopic (exact) mass is 1080 g/mol. The van der Waals surface area contributed by atoms with E-state index in [2.05, 4.69) is 31.8 Å². The van der Waals surface area contributed by atoms with Crippen LogP contribution >= 0.6 is 39.1 Å². The van der Waals surface area contributed by atoms with Crippen molar-refractivity contribution in [2.75, 3.05) is 67.6 Å². The zero-order valence-electron chi connectivity index (χ0n) is 37.5. The van der Waals surface area contributed by atoms with E-state index in [0.29, 0.717) is 55.3 Å². The van der Waals surface area contributed by atoms with Gasteiger partial charge in [-0.3, -0.25) is 39.2 Å². The van der Waals surface area contributed by atoms with Crippen LogP contribution in [-0.2, 0) is 15.4 Å². The summed E-state index contributed by atoms with van der Waals surface area (Å²) in [5.74, 6) is 3.77. The maximum Gasteiger partial charge on any atom is 1.00 e. The molecule has 1 atom stereocenters. The maximum absolute atomic E-state index is 11.0. The Kier molecular flexibility index (Phi) is 42.9. The smallest absolute Gasteiger partial charge is 0.872 e. The second-order valence-corrected chi connectivity index (χ2v) is 14.7. The number of ether oxygens (including phenoxy) is 4. The van der Waals surface area contributed by atoms with Gasteiger partial charge in [-0.1, -0.05) is 49.3 Å². The minimum absolute atomic E-state index is 0. The van der Waals surface area contributed by atoms with Gasteiger partial charge in [0, 0.05) is 65.5 Å². The Hall–Kier alpha value is -4.97. The van der Waals surface area contributed by atoms with Crippen LogP contribution in [-0.4, -0.2) is 76.2 Å². The van der Waals surface area contributed by atoms with Crippen molar-refractivity contribution in [3.8, 4) is 28.7 Å². The zero-order valence-corrected chi connectivity index (χ0v) is 43.4. The van der Waals surface area contributed by atoms with Crippen LogP contribution in [0.1, 0.15) is 34.1 Å². The van der Waals surface area contributed by atoms with Crippen LogP contribution in [0.2, 0.25) is 0 Å². The number of rotatable bonds is 19. The van der Waals surface area contributed by atoms with Crippen LogP contribution < -0.4 is 69.8 Å². The van der Waals surface area contributed by atoms with E-state index in [9.17, 15) is 39.7 Å². The summed E-state index contributed by atoms with van der Waals surface area (Å²) in [6.45, 7) is 6.86. The Labute approximate surface area is 440 Å². The fourth-order valence-electron chi connectivity index (χ4n) is 3.99. The number of halogens is 3. The number of nitrogens with zero attached hydrogens (tertiary/aromatic N) is 3. The molecule has 1 unspecified atom stereocenters. The Morgan fingerprint density at radius 1 is 0.603 bits per heavy atom. The van der Waals surface area contributed by atoms with Crippen molar-refractivity contribution >= 4 is 78.8 Å². The third kappa shape index (κ3) is 34.3. The molecule has 0 amide bonds. The molecule has 370 valence electrons. The Balaban J connectivity index is -0.000000759. The second-order valence-electron chi connectivity index (χ2n) is 12.1. The van der Waals surface area contributed by atoms with Crippen LogP contribution in [0, 0.1) is 30.3 Å². The summed E-state index contributed by atoms with van der Waals surface area (Å²) < 4.78 is 39.2. The molecule has 68 heavy (non-hydrogen) atoms. The minimum atomic E-state index is -1.50. The Morgan fingerprint density at radius 2 is 0.926 bits per heavy atom. The first-order valence-corrected chi connectivity index (χ1v) is 22.9. The van der Waals surface area contributed by atoms with Crippen molar-refractivity contribution in [3.05, 3.63) is 152 Å². The molecule has 0 radical (unpaired) electrons. The van der Waals surface area contributed by atoms with E-state index in [-0.39, 0.29) is 59.8 Å². The number of nitro benzene ring substituents is 3. The quantitative estimate of drug-likeness (QED) is 0.0242. The van der Waals surface area contributed by atoms with E-state index in [1.807, 2.05) is 31.2 Å². The largest absolute Gasteiger partial charge is 1.00 e. The predicted molar refractivity (Wildman–Crippen MR) is 268 cm³/mol. The number of nitrogens with one attached hydrogen (secondary N) is 1. The van der Waals surface area contributed by atoms with Crippen LogP contribution in [0.5, 0.6) is 28.7 Å². The second kappa shape index (κ2) is 43.3. The molecule has 0 saturated heterocycles.